The molecule has 1 amide bonds. The molecular formula is C12H18N4OS. The van der Waals surface area contributed by atoms with E-state index in [2.05, 4.69) is 15.2 Å². The van der Waals surface area contributed by atoms with Crippen molar-refractivity contribution in [3.8, 4) is 0 Å². The van der Waals surface area contributed by atoms with Crippen LogP contribution in [0.5, 0.6) is 0 Å². The van der Waals surface area contributed by atoms with Gasteiger partial charge in [-0.1, -0.05) is 17.8 Å². The first kappa shape index (κ1) is 11.9. The lowest BCUT2D eigenvalue weighted by atomic mass is 10.0. The minimum Gasteiger partial charge on any atom is -0.354 e. The van der Waals surface area contributed by atoms with E-state index in [9.17, 15) is 4.79 Å². The van der Waals surface area contributed by atoms with E-state index < -0.39 is 0 Å². The smallest absolute Gasteiger partial charge is 0.238 e. The molecule has 1 N–H and O–H groups in total. The highest BCUT2D eigenvalue weighted by molar-refractivity contribution is 7.15. The summed E-state index contributed by atoms with van der Waals surface area (Å²) in [6, 6.07) is 0.0775. The summed E-state index contributed by atoms with van der Waals surface area (Å²) in [5, 5.41) is 4.09. The lowest BCUT2D eigenvalue weighted by molar-refractivity contribution is -0.122. The molecule has 0 saturated carbocycles. The average molecular weight is 266 g/mol. The van der Waals surface area contributed by atoms with Crippen LogP contribution in [-0.2, 0) is 4.79 Å². The Morgan fingerprint density at radius 3 is 3.06 bits per heavy atom. The number of carbonyl (C=O) groups excluding carboxylic acids is 1. The van der Waals surface area contributed by atoms with Gasteiger partial charge in [-0.05, 0) is 12.8 Å². The first-order valence-electron chi connectivity index (χ1n) is 6.36. The molecule has 0 spiro atoms. The van der Waals surface area contributed by atoms with Crippen LogP contribution in [0.3, 0.4) is 0 Å². The van der Waals surface area contributed by atoms with Crippen LogP contribution in [0.1, 0.15) is 30.3 Å². The van der Waals surface area contributed by atoms with Crippen molar-refractivity contribution >= 4 is 22.4 Å². The zero-order valence-electron chi connectivity index (χ0n) is 10.7. The zero-order chi connectivity index (χ0) is 12.7. The van der Waals surface area contributed by atoms with Crippen molar-refractivity contribution < 1.29 is 4.79 Å². The van der Waals surface area contributed by atoms with Crippen LogP contribution in [0.2, 0.25) is 0 Å². The second-order valence-electron chi connectivity index (χ2n) is 5.10. The van der Waals surface area contributed by atoms with Gasteiger partial charge < -0.3 is 10.2 Å². The van der Waals surface area contributed by atoms with E-state index in [1.807, 2.05) is 25.2 Å². The van der Waals surface area contributed by atoms with Gasteiger partial charge in [0.1, 0.15) is 6.17 Å². The summed E-state index contributed by atoms with van der Waals surface area (Å²) in [6.07, 6.45) is 5.26. The molecule has 2 aliphatic rings. The molecule has 1 aromatic rings. The molecule has 1 aromatic heterocycles. The van der Waals surface area contributed by atoms with Gasteiger partial charge >= 0.3 is 0 Å². The highest BCUT2D eigenvalue weighted by atomic mass is 32.1. The Kier molecular flexibility index (Phi) is 2.99. The van der Waals surface area contributed by atoms with E-state index in [-0.39, 0.29) is 18.1 Å². The number of fused-ring (bicyclic) bond motifs is 1. The van der Waals surface area contributed by atoms with E-state index in [4.69, 9.17) is 0 Å². The number of hydrogen-bond donors (Lipinski definition) is 1. The molecule has 0 bridgehead atoms. The summed E-state index contributed by atoms with van der Waals surface area (Å²) >= 11 is 1.65. The van der Waals surface area contributed by atoms with Crippen LogP contribution < -0.4 is 10.2 Å². The van der Waals surface area contributed by atoms with Crippen LogP contribution >= 0.6 is 11.3 Å². The second kappa shape index (κ2) is 4.51. The van der Waals surface area contributed by atoms with Crippen molar-refractivity contribution in [2.24, 2.45) is 0 Å². The Morgan fingerprint density at radius 2 is 2.33 bits per heavy atom. The summed E-state index contributed by atoms with van der Waals surface area (Å²) in [5.74, 6) is 0.180. The maximum atomic E-state index is 12.0. The highest BCUT2D eigenvalue weighted by Crippen LogP contribution is 2.35. The molecule has 98 valence electrons. The fourth-order valence-electron chi connectivity index (χ4n) is 2.70. The highest BCUT2D eigenvalue weighted by Gasteiger charge is 2.42. The van der Waals surface area contributed by atoms with Crippen molar-refractivity contribution in [1.82, 2.24) is 15.2 Å². The molecule has 0 aliphatic carbocycles. The maximum absolute atomic E-state index is 12.0. The van der Waals surface area contributed by atoms with E-state index in [1.165, 1.54) is 6.42 Å². The van der Waals surface area contributed by atoms with Crippen molar-refractivity contribution in [2.75, 3.05) is 25.5 Å². The Bertz CT molecular complexity index is 459. The van der Waals surface area contributed by atoms with Crippen LogP contribution in [0.15, 0.2) is 6.20 Å². The van der Waals surface area contributed by atoms with Gasteiger partial charge in [0.15, 0.2) is 5.13 Å². The van der Waals surface area contributed by atoms with Gasteiger partial charge in [-0.25, -0.2) is 4.98 Å². The monoisotopic (exact) mass is 266 g/mol. The van der Waals surface area contributed by atoms with Crippen LogP contribution in [0.25, 0.3) is 0 Å². The largest absolute Gasteiger partial charge is 0.354 e. The molecule has 3 heterocycles. The minimum absolute atomic E-state index is 0.0361. The Hall–Kier alpha value is -1.14. The summed E-state index contributed by atoms with van der Waals surface area (Å²) in [4.78, 5) is 21.8. The van der Waals surface area contributed by atoms with Gasteiger partial charge in [-0.2, -0.15) is 0 Å². The summed E-state index contributed by atoms with van der Waals surface area (Å²) in [5.41, 5.74) is 0. The number of amides is 1. The third-order valence-corrected chi connectivity index (χ3v) is 4.84. The molecule has 2 aliphatic heterocycles. The number of thiazole rings is 1. The first-order valence-corrected chi connectivity index (χ1v) is 7.17. The SMILES string of the molecule is CN(C)c1ncc(C2NC(=O)C3CCCCN32)s1. The lowest BCUT2D eigenvalue weighted by Gasteiger charge is -2.30. The van der Waals surface area contributed by atoms with E-state index in [0.29, 0.717) is 0 Å². The number of rotatable bonds is 2. The molecule has 2 fully saturated rings. The molecule has 0 aromatic carbocycles. The predicted molar refractivity (Wildman–Crippen MR) is 71.7 cm³/mol. The zero-order valence-corrected chi connectivity index (χ0v) is 11.5. The molecule has 5 nitrogen and oxygen atoms in total. The Labute approximate surface area is 111 Å². The molecule has 3 rings (SSSR count). The van der Waals surface area contributed by atoms with Gasteiger partial charge in [0.25, 0.3) is 0 Å². The van der Waals surface area contributed by atoms with Crippen LogP contribution in [0.4, 0.5) is 5.13 Å². The molecule has 6 heteroatoms. The molecule has 0 radical (unpaired) electrons. The first-order chi connectivity index (χ1) is 8.66. The Morgan fingerprint density at radius 1 is 1.50 bits per heavy atom. The quantitative estimate of drug-likeness (QED) is 0.873. The van der Waals surface area contributed by atoms with E-state index in [0.717, 1.165) is 29.4 Å². The topological polar surface area (TPSA) is 48.5 Å². The third kappa shape index (κ3) is 1.89. The van der Waals surface area contributed by atoms with E-state index in [1.54, 1.807) is 11.3 Å². The fourth-order valence-corrected chi connectivity index (χ4v) is 3.61. The number of hydrogen-bond acceptors (Lipinski definition) is 5. The normalized spacial score (nSPS) is 28.0. The molecule has 18 heavy (non-hydrogen) atoms. The standard InChI is InChI=1S/C12H18N4OS/c1-15(2)12-13-7-9(18-12)10-14-11(17)8-5-3-4-6-16(8)10/h7-8,10H,3-6H2,1-2H3,(H,14,17). The fraction of sp³-hybridized carbons (Fsp3) is 0.667. The van der Waals surface area contributed by atoms with Gasteiger partial charge in [-0.3, -0.25) is 9.69 Å². The minimum atomic E-state index is 0.0361. The van der Waals surface area contributed by atoms with Crippen molar-refractivity contribution in [2.45, 2.75) is 31.5 Å². The Balaban J connectivity index is 1.85. The number of carbonyl (C=O) groups is 1. The average Bonchev–Trinajstić information content (AvgIpc) is 2.95. The van der Waals surface area contributed by atoms with Crippen molar-refractivity contribution in [3.63, 3.8) is 0 Å². The number of piperidine rings is 1. The van der Waals surface area contributed by atoms with Crippen molar-refractivity contribution in [1.29, 1.82) is 0 Å². The summed E-state index contributed by atoms with van der Waals surface area (Å²) < 4.78 is 0. The number of anilines is 1. The van der Waals surface area contributed by atoms with E-state index >= 15 is 0 Å². The van der Waals surface area contributed by atoms with Crippen LogP contribution in [-0.4, -0.2) is 42.5 Å². The molecular weight excluding hydrogens is 248 g/mol. The lowest BCUT2D eigenvalue weighted by Crippen LogP contribution is -2.38. The van der Waals surface area contributed by atoms with Gasteiger partial charge in [0.05, 0.1) is 10.9 Å². The maximum Gasteiger partial charge on any atom is 0.238 e. The summed E-state index contributed by atoms with van der Waals surface area (Å²) in [6.45, 7) is 1.00. The predicted octanol–water partition coefficient (Wildman–Crippen LogP) is 1.19. The third-order valence-electron chi connectivity index (χ3n) is 3.62. The number of nitrogens with one attached hydrogen (secondary N) is 1. The number of nitrogens with zero attached hydrogens (tertiary/aromatic N) is 3. The molecule has 2 unspecified atom stereocenters. The van der Waals surface area contributed by atoms with Gasteiger partial charge in [-0.15, -0.1) is 0 Å². The van der Waals surface area contributed by atoms with Crippen LogP contribution in [0, 0.1) is 0 Å². The van der Waals surface area contributed by atoms with Crippen molar-refractivity contribution in [3.05, 3.63) is 11.1 Å². The van der Waals surface area contributed by atoms with Gasteiger partial charge in [0.2, 0.25) is 5.91 Å². The molecule has 2 saturated heterocycles. The van der Waals surface area contributed by atoms with Gasteiger partial charge in [0, 0.05) is 26.8 Å². The second-order valence-corrected chi connectivity index (χ2v) is 6.14. The summed E-state index contributed by atoms with van der Waals surface area (Å²) in [7, 11) is 3.97. The number of aromatic nitrogens is 1. The molecule has 2 atom stereocenters.